The van der Waals surface area contributed by atoms with Crippen molar-refractivity contribution in [3.63, 3.8) is 0 Å². The van der Waals surface area contributed by atoms with Gasteiger partial charge in [-0.1, -0.05) is 36.4 Å². The zero-order valence-corrected chi connectivity index (χ0v) is 18.6. The summed E-state index contributed by atoms with van der Waals surface area (Å²) in [5, 5.41) is 6.66. The summed E-state index contributed by atoms with van der Waals surface area (Å²) in [5.41, 5.74) is 2.32. The van der Waals surface area contributed by atoms with Crippen LogP contribution in [0.4, 0.5) is 0 Å². The van der Waals surface area contributed by atoms with Gasteiger partial charge in [0.15, 0.2) is 17.5 Å². The molecule has 1 atom stereocenters. The Morgan fingerprint density at radius 1 is 1.06 bits per heavy atom. The van der Waals surface area contributed by atoms with Gasteiger partial charge in [0, 0.05) is 45.6 Å². The fourth-order valence-electron chi connectivity index (χ4n) is 3.75. The second kappa shape index (κ2) is 11.2. The summed E-state index contributed by atoms with van der Waals surface area (Å²) in [5.74, 6) is 2.63. The second-order valence-electron chi connectivity index (χ2n) is 7.64. The standard InChI is InChI=1S/C24H32N4O3/c1-25-24(26-15-19-9-10-21(30-2)22(13-19)31-3)27-16-20-14-23(29)28(17-20)12-11-18-7-5-4-6-8-18/h4-10,13,20H,11-12,14-17H2,1-3H3,(H2,25,26,27). The lowest BCUT2D eigenvalue weighted by atomic mass is 10.1. The Bertz CT molecular complexity index is 886. The molecule has 1 heterocycles. The number of hydrogen-bond donors (Lipinski definition) is 2. The molecule has 3 rings (SSSR count). The molecule has 0 saturated carbocycles. The van der Waals surface area contributed by atoms with Crippen molar-refractivity contribution in [3.8, 4) is 11.5 Å². The van der Waals surface area contributed by atoms with Gasteiger partial charge < -0.3 is 25.0 Å². The minimum Gasteiger partial charge on any atom is -0.493 e. The molecule has 7 heteroatoms. The third-order valence-electron chi connectivity index (χ3n) is 5.50. The normalized spacial score (nSPS) is 16.4. The van der Waals surface area contributed by atoms with E-state index in [0.29, 0.717) is 37.0 Å². The first-order valence-electron chi connectivity index (χ1n) is 10.6. The van der Waals surface area contributed by atoms with E-state index in [1.54, 1.807) is 21.3 Å². The van der Waals surface area contributed by atoms with Crippen LogP contribution in [0.25, 0.3) is 0 Å². The van der Waals surface area contributed by atoms with Gasteiger partial charge in [-0.2, -0.15) is 0 Å². The Hall–Kier alpha value is -3.22. The molecule has 2 aromatic carbocycles. The van der Waals surface area contributed by atoms with Crippen LogP contribution in [0.3, 0.4) is 0 Å². The number of ether oxygens (including phenoxy) is 2. The number of hydrogen-bond acceptors (Lipinski definition) is 4. The second-order valence-corrected chi connectivity index (χ2v) is 7.64. The van der Waals surface area contributed by atoms with Crippen LogP contribution >= 0.6 is 0 Å². The van der Waals surface area contributed by atoms with E-state index in [1.165, 1.54) is 5.56 Å². The summed E-state index contributed by atoms with van der Waals surface area (Å²) in [7, 11) is 5.00. The number of carbonyl (C=O) groups excluding carboxylic acids is 1. The molecule has 7 nitrogen and oxygen atoms in total. The summed E-state index contributed by atoms with van der Waals surface area (Å²) in [6.45, 7) is 2.86. The molecule has 2 aromatic rings. The maximum absolute atomic E-state index is 12.4. The number of guanidine groups is 1. The molecule has 1 fully saturated rings. The quantitative estimate of drug-likeness (QED) is 0.478. The van der Waals surface area contributed by atoms with Gasteiger partial charge >= 0.3 is 0 Å². The maximum atomic E-state index is 12.4. The lowest BCUT2D eigenvalue weighted by Gasteiger charge is -2.18. The number of amides is 1. The summed E-state index contributed by atoms with van der Waals surface area (Å²) >= 11 is 0. The van der Waals surface area contributed by atoms with Gasteiger partial charge in [-0.15, -0.1) is 0 Å². The van der Waals surface area contributed by atoms with Crippen molar-refractivity contribution < 1.29 is 14.3 Å². The molecule has 0 spiro atoms. The number of nitrogens with zero attached hydrogens (tertiary/aromatic N) is 2. The monoisotopic (exact) mass is 424 g/mol. The number of methoxy groups -OCH3 is 2. The highest BCUT2D eigenvalue weighted by Crippen LogP contribution is 2.27. The number of benzene rings is 2. The van der Waals surface area contributed by atoms with Crippen LogP contribution in [-0.2, 0) is 17.8 Å². The van der Waals surface area contributed by atoms with Crippen molar-refractivity contribution >= 4 is 11.9 Å². The number of likely N-dealkylation sites (tertiary alicyclic amines) is 1. The summed E-state index contributed by atoms with van der Waals surface area (Å²) < 4.78 is 10.6. The highest BCUT2D eigenvalue weighted by Gasteiger charge is 2.29. The van der Waals surface area contributed by atoms with Crippen molar-refractivity contribution in [3.05, 3.63) is 59.7 Å². The maximum Gasteiger partial charge on any atom is 0.223 e. The molecule has 2 N–H and O–H groups in total. The van der Waals surface area contributed by atoms with Crippen LogP contribution < -0.4 is 20.1 Å². The van der Waals surface area contributed by atoms with Gasteiger partial charge in [-0.3, -0.25) is 9.79 Å². The van der Waals surface area contributed by atoms with E-state index >= 15 is 0 Å². The molecule has 166 valence electrons. The van der Waals surface area contributed by atoms with Crippen LogP contribution in [0.5, 0.6) is 11.5 Å². The van der Waals surface area contributed by atoms with Gasteiger partial charge in [-0.05, 0) is 29.7 Å². The van der Waals surface area contributed by atoms with E-state index < -0.39 is 0 Å². The summed E-state index contributed by atoms with van der Waals surface area (Å²) in [6, 6.07) is 16.1. The largest absolute Gasteiger partial charge is 0.493 e. The van der Waals surface area contributed by atoms with E-state index in [4.69, 9.17) is 9.47 Å². The third kappa shape index (κ3) is 6.38. The molecule has 31 heavy (non-hydrogen) atoms. The number of carbonyl (C=O) groups is 1. The minimum atomic E-state index is 0.232. The van der Waals surface area contributed by atoms with E-state index in [9.17, 15) is 4.79 Å². The third-order valence-corrected chi connectivity index (χ3v) is 5.50. The topological polar surface area (TPSA) is 75.2 Å². The average Bonchev–Trinajstić information content (AvgIpc) is 3.17. The number of aliphatic imine (C=N–C) groups is 1. The van der Waals surface area contributed by atoms with Crippen LogP contribution in [0, 0.1) is 5.92 Å². The van der Waals surface area contributed by atoms with Crippen molar-refractivity contribution in [1.29, 1.82) is 0 Å². The zero-order chi connectivity index (χ0) is 22.1. The fourth-order valence-corrected chi connectivity index (χ4v) is 3.75. The lowest BCUT2D eigenvalue weighted by Crippen LogP contribution is -2.40. The van der Waals surface area contributed by atoms with Crippen molar-refractivity contribution in [2.45, 2.75) is 19.4 Å². The smallest absolute Gasteiger partial charge is 0.223 e. The van der Waals surface area contributed by atoms with E-state index in [2.05, 4.69) is 27.8 Å². The lowest BCUT2D eigenvalue weighted by molar-refractivity contribution is -0.127. The summed E-state index contributed by atoms with van der Waals surface area (Å²) in [4.78, 5) is 18.6. The first-order chi connectivity index (χ1) is 15.1. The SMILES string of the molecule is CN=C(NCc1ccc(OC)c(OC)c1)NCC1CC(=O)N(CCc2ccccc2)C1. The van der Waals surface area contributed by atoms with Crippen molar-refractivity contribution in [1.82, 2.24) is 15.5 Å². The summed E-state index contributed by atoms with van der Waals surface area (Å²) in [6.07, 6.45) is 1.47. The van der Waals surface area contributed by atoms with Crippen LogP contribution in [-0.4, -0.2) is 57.7 Å². The molecular weight excluding hydrogens is 392 g/mol. The number of rotatable bonds is 9. The van der Waals surface area contributed by atoms with Crippen molar-refractivity contribution in [2.75, 3.05) is 40.9 Å². The predicted molar refractivity (Wildman–Crippen MR) is 123 cm³/mol. The molecule has 1 aliphatic heterocycles. The average molecular weight is 425 g/mol. The van der Waals surface area contributed by atoms with Gasteiger partial charge in [-0.25, -0.2) is 0 Å². The molecule has 1 saturated heterocycles. The molecular formula is C24H32N4O3. The number of nitrogens with one attached hydrogen (secondary N) is 2. The molecule has 0 bridgehead atoms. The van der Waals surface area contributed by atoms with Crippen molar-refractivity contribution in [2.24, 2.45) is 10.9 Å². The van der Waals surface area contributed by atoms with Crippen LogP contribution in [0.2, 0.25) is 0 Å². The Labute approximate surface area is 184 Å². The Morgan fingerprint density at radius 2 is 1.84 bits per heavy atom. The van der Waals surface area contributed by atoms with Gasteiger partial charge in [0.05, 0.1) is 14.2 Å². The molecule has 1 aliphatic rings. The molecule has 0 aromatic heterocycles. The highest BCUT2D eigenvalue weighted by atomic mass is 16.5. The zero-order valence-electron chi connectivity index (χ0n) is 18.6. The van der Waals surface area contributed by atoms with Gasteiger partial charge in [0.1, 0.15) is 0 Å². The van der Waals surface area contributed by atoms with Gasteiger partial charge in [0.2, 0.25) is 5.91 Å². The Morgan fingerprint density at radius 3 is 2.55 bits per heavy atom. The van der Waals surface area contributed by atoms with Gasteiger partial charge in [0.25, 0.3) is 0 Å². The Balaban J connectivity index is 1.44. The fraction of sp³-hybridized carbons (Fsp3) is 0.417. The van der Waals surface area contributed by atoms with E-state index in [0.717, 1.165) is 25.1 Å². The minimum absolute atomic E-state index is 0.232. The Kier molecular flexibility index (Phi) is 8.15. The molecule has 0 aliphatic carbocycles. The van der Waals surface area contributed by atoms with E-state index in [-0.39, 0.29) is 11.8 Å². The predicted octanol–water partition coefficient (Wildman–Crippen LogP) is 2.46. The molecule has 0 radical (unpaired) electrons. The highest BCUT2D eigenvalue weighted by molar-refractivity contribution is 5.80. The molecule has 1 amide bonds. The first kappa shape index (κ1) is 22.5. The first-order valence-corrected chi connectivity index (χ1v) is 10.6. The van der Waals surface area contributed by atoms with Crippen LogP contribution in [0.1, 0.15) is 17.5 Å². The molecule has 1 unspecified atom stereocenters. The van der Waals surface area contributed by atoms with E-state index in [1.807, 2.05) is 41.3 Å². The van der Waals surface area contributed by atoms with Crippen LogP contribution in [0.15, 0.2) is 53.5 Å².